The summed E-state index contributed by atoms with van der Waals surface area (Å²) < 4.78 is 5.13. The summed E-state index contributed by atoms with van der Waals surface area (Å²) in [5.41, 5.74) is 3.53. The number of methoxy groups -OCH3 is 1. The molecule has 1 saturated heterocycles. The smallest absolute Gasteiger partial charge is 0.317 e. The molecule has 0 aliphatic carbocycles. The Labute approximate surface area is 184 Å². The van der Waals surface area contributed by atoms with E-state index >= 15 is 0 Å². The van der Waals surface area contributed by atoms with Crippen LogP contribution in [0.25, 0.3) is 0 Å². The zero-order chi connectivity index (χ0) is 22.2. The summed E-state index contributed by atoms with van der Waals surface area (Å²) in [5, 5.41) is 2.85. The van der Waals surface area contributed by atoms with E-state index in [1.54, 1.807) is 14.2 Å². The van der Waals surface area contributed by atoms with Crippen LogP contribution in [0.15, 0.2) is 48.5 Å². The first-order chi connectivity index (χ1) is 14.9. The lowest BCUT2D eigenvalue weighted by atomic mass is 10.1. The van der Waals surface area contributed by atoms with Crippen molar-refractivity contribution in [2.24, 2.45) is 0 Å². The maximum absolute atomic E-state index is 12.6. The van der Waals surface area contributed by atoms with E-state index in [1.807, 2.05) is 29.2 Å². The van der Waals surface area contributed by atoms with Gasteiger partial charge >= 0.3 is 6.03 Å². The van der Waals surface area contributed by atoms with Crippen LogP contribution >= 0.6 is 0 Å². The molecule has 7 nitrogen and oxygen atoms in total. The number of likely N-dealkylation sites (N-methyl/N-ethyl adjacent to an activating group) is 1. The standard InChI is InChI=1S/C24H32N4O3/c1-19-5-4-6-21(15-19)17-27-11-13-28(14-12-27)23(29)18-26(2)24(30)25-16-20-7-9-22(31-3)10-8-20/h4-10,15H,11-14,16-18H2,1-3H3,(H,25,30). The quantitative estimate of drug-likeness (QED) is 0.742. The average molecular weight is 425 g/mol. The van der Waals surface area contributed by atoms with Crippen molar-refractivity contribution in [2.75, 3.05) is 46.9 Å². The molecule has 0 aromatic heterocycles. The summed E-state index contributed by atoms with van der Waals surface area (Å²) in [6.07, 6.45) is 0. The number of nitrogens with zero attached hydrogens (tertiary/aromatic N) is 3. The van der Waals surface area contributed by atoms with Crippen LogP contribution in [0, 0.1) is 6.92 Å². The number of hydrogen-bond donors (Lipinski definition) is 1. The molecule has 0 saturated carbocycles. The van der Waals surface area contributed by atoms with Gasteiger partial charge in [0.2, 0.25) is 5.91 Å². The van der Waals surface area contributed by atoms with Crippen LogP contribution in [0.3, 0.4) is 0 Å². The molecule has 31 heavy (non-hydrogen) atoms. The number of hydrogen-bond acceptors (Lipinski definition) is 4. The fourth-order valence-electron chi connectivity index (χ4n) is 3.65. The first-order valence-electron chi connectivity index (χ1n) is 10.6. The number of carbonyl (C=O) groups is 2. The first-order valence-corrected chi connectivity index (χ1v) is 10.6. The number of urea groups is 1. The van der Waals surface area contributed by atoms with E-state index in [1.165, 1.54) is 16.0 Å². The van der Waals surface area contributed by atoms with Crippen LogP contribution in [-0.4, -0.2) is 73.5 Å². The average Bonchev–Trinajstić information content (AvgIpc) is 2.78. The predicted molar refractivity (Wildman–Crippen MR) is 121 cm³/mol. The highest BCUT2D eigenvalue weighted by atomic mass is 16.5. The molecule has 3 rings (SSSR count). The van der Waals surface area contributed by atoms with Crippen molar-refractivity contribution in [2.45, 2.75) is 20.0 Å². The summed E-state index contributed by atoms with van der Waals surface area (Å²) in [6.45, 7) is 6.53. The molecule has 2 aromatic rings. The molecule has 1 fully saturated rings. The van der Waals surface area contributed by atoms with Gasteiger partial charge in [-0.3, -0.25) is 9.69 Å². The van der Waals surface area contributed by atoms with Gasteiger partial charge < -0.3 is 19.9 Å². The van der Waals surface area contributed by atoms with E-state index in [0.717, 1.165) is 30.9 Å². The lowest BCUT2D eigenvalue weighted by molar-refractivity contribution is -0.133. The SMILES string of the molecule is COc1ccc(CNC(=O)N(C)CC(=O)N2CCN(Cc3cccc(C)c3)CC2)cc1. The zero-order valence-electron chi connectivity index (χ0n) is 18.6. The summed E-state index contributed by atoms with van der Waals surface area (Å²) >= 11 is 0. The van der Waals surface area contributed by atoms with E-state index < -0.39 is 0 Å². The maximum Gasteiger partial charge on any atom is 0.317 e. The highest BCUT2D eigenvalue weighted by Crippen LogP contribution is 2.12. The Morgan fingerprint density at radius 1 is 1.03 bits per heavy atom. The van der Waals surface area contributed by atoms with Crippen molar-refractivity contribution in [1.29, 1.82) is 0 Å². The minimum atomic E-state index is -0.262. The Hall–Kier alpha value is -3.06. The van der Waals surface area contributed by atoms with Gasteiger partial charge in [-0.05, 0) is 30.2 Å². The van der Waals surface area contributed by atoms with Crippen LogP contribution in [-0.2, 0) is 17.9 Å². The van der Waals surface area contributed by atoms with Crippen LogP contribution in [0.4, 0.5) is 4.79 Å². The third-order valence-corrected chi connectivity index (χ3v) is 5.54. The fraction of sp³-hybridized carbons (Fsp3) is 0.417. The molecule has 2 aromatic carbocycles. The number of amides is 3. The molecular weight excluding hydrogens is 392 g/mol. The van der Waals surface area contributed by atoms with E-state index in [0.29, 0.717) is 19.6 Å². The summed E-state index contributed by atoms with van der Waals surface area (Å²) in [4.78, 5) is 30.6. The van der Waals surface area contributed by atoms with Crippen molar-refractivity contribution >= 4 is 11.9 Å². The molecule has 1 aliphatic rings. The molecule has 0 spiro atoms. The Morgan fingerprint density at radius 2 is 1.74 bits per heavy atom. The summed E-state index contributed by atoms with van der Waals surface area (Å²) in [7, 11) is 3.27. The predicted octanol–water partition coefficient (Wildman–Crippen LogP) is 2.49. The molecule has 0 unspecified atom stereocenters. The fourth-order valence-corrected chi connectivity index (χ4v) is 3.65. The normalized spacial score (nSPS) is 14.2. The molecule has 0 radical (unpaired) electrons. The van der Waals surface area contributed by atoms with Crippen LogP contribution < -0.4 is 10.1 Å². The molecule has 7 heteroatoms. The number of ether oxygens (including phenoxy) is 1. The molecule has 0 bridgehead atoms. The number of carbonyl (C=O) groups excluding carboxylic acids is 2. The van der Waals surface area contributed by atoms with Crippen molar-refractivity contribution in [3.8, 4) is 5.75 Å². The maximum atomic E-state index is 12.6. The number of rotatable bonds is 7. The van der Waals surface area contributed by atoms with E-state index in [9.17, 15) is 9.59 Å². The topological polar surface area (TPSA) is 65.1 Å². The second-order valence-corrected chi connectivity index (χ2v) is 8.01. The van der Waals surface area contributed by atoms with Crippen molar-refractivity contribution in [1.82, 2.24) is 20.0 Å². The van der Waals surface area contributed by atoms with Crippen molar-refractivity contribution < 1.29 is 14.3 Å². The number of nitrogens with one attached hydrogen (secondary N) is 1. The van der Waals surface area contributed by atoms with Gasteiger partial charge in [0.1, 0.15) is 12.3 Å². The van der Waals surface area contributed by atoms with Gasteiger partial charge in [-0.2, -0.15) is 0 Å². The number of benzene rings is 2. The summed E-state index contributed by atoms with van der Waals surface area (Å²) in [6, 6.07) is 15.8. The highest BCUT2D eigenvalue weighted by molar-refractivity contribution is 5.84. The monoisotopic (exact) mass is 424 g/mol. The van der Waals surface area contributed by atoms with Gasteiger partial charge in [-0.25, -0.2) is 4.79 Å². The van der Waals surface area contributed by atoms with Crippen LogP contribution in [0.5, 0.6) is 5.75 Å². The minimum Gasteiger partial charge on any atom is -0.497 e. The lowest BCUT2D eigenvalue weighted by Crippen LogP contribution is -2.51. The van der Waals surface area contributed by atoms with Crippen molar-refractivity contribution in [3.63, 3.8) is 0 Å². The van der Waals surface area contributed by atoms with Gasteiger partial charge in [-0.1, -0.05) is 42.0 Å². The molecule has 1 N–H and O–H groups in total. The molecular formula is C24H32N4O3. The zero-order valence-corrected chi connectivity index (χ0v) is 18.6. The Balaban J connectivity index is 1.39. The highest BCUT2D eigenvalue weighted by Gasteiger charge is 2.23. The molecule has 0 atom stereocenters. The Morgan fingerprint density at radius 3 is 2.39 bits per heavy atom. The third kappa shape index (κ3) is 6.72. The van der Waals surface area contributed by atoms with E-state index in [4.69, 9.17) is 4.74 Å². The molecule has 1 aliphatic heterocycles. The summed E-state index contributed by atoms with van der Waals surface area (Å²) in [5.74, 6) is 0.758. The Bertz CT molecular complexity index is 877. The second-order valence-electron chi connectivity index (χ2n) is 8.01. The number of aryl methyl sites for hydroxylation is 1. The Kier molecular flexibility index (Phi) is 7.89. The minimum absolute atomic E-state index is 0.0164. The van der Waals surface area contributed by atoms with E-state index in [-0.39, 0.29) is 18.5 Å². The van der Waals surface area contributed by atoms with Gasteiger partial charge in [0.05, 0.1) is 7.11 Å². The second kappa shape index (κ2) is 10.8. The largest absolute Gasteiger partial charge is 0.497 e. The molecule has 1 heterocycles. The van der Waals surface area contributed by atoms with Crippen LogP contribution in [0.2, 0.25) is 0 Å². The van der Waals surface area contributed by atoms with Gasteiger partial charge in [0.25, 0.3) is 0 Å². The van der Waals surface area contributed by atoms with E-state index in [2.05, 4.69) is 41.4 Å². The van der Waals surface area contributed by atoms with Gasteiger partial charge in [0.15, 0.2) is 0 Å². The lowest BCUT2D eigenvalue weighted by Gasteiger charge is -2.35. The van der Waals surface area contributed by atoms with Crippen LogP contribution in [0.1, 0.15) is 16.7 Å². The first kappa shape index (κ1) is 22.6. The van der Waals surface area contributed by atoms with Gasteiger partial charge in [0, 0.05) is 46.3 Å². The number of piperazine rings is 1. The van der Waals surface area contributed by atoms with Crippen molar-refractivity contribution in [3.05, 3.63) is 65.2 Å². The molecule has 166 valence electrons. The molecule has 3 amide bonds. The van der Waals surface area contributed by atoms with Gasteiger partial charge in [-0.15, -0.1) is 0 Å². The third-order valence-electron chi connectivity index (χ3n) is 5.54.